The lowest BCUT2D eigenvalue weighted by molar-refractivity contribution is -0.121. The maximum absolute atomic E-state index is 14.3. The van der Waals surface area contributed by atoms with Gasteiger partial charge >= 0.3 is 0 Å². The molecule has 0 fully saturated rings. The van der Waals surface area contributed by atoms with Crippen molar-refractivity contribution in [2.45, 2.75) is 52.0 Å². The highest BCUT2D eigenvalue weighted by molar-refractivity contribution is 6.32. The minimum Gasteiger partial charge on any atom is -0.494 e. The van der Waals surface area contributed by atoms with Crippen LogP contribution in [-0.2, 0) is 17.8 Å². The lowest BCUT2D eigenvalue weighted by Gasteiger charge is -2.18. The van der Waals surface area contributed by atoms with E-state index in [9.17, 15) is 18.4 Å². The molecule has 0 aliphatic carbocycles. The molecule has 7 aromatic rings. The second-order valence-electron chi connectivity index (χ2n) is 14.5. The lowest BCUT2D eigenvalue weighted by atomic mass is 9.87. The van der Waals surface area contributed by atoms with Gasteiger partial charge in [0.25, 0.3) is 5.91 Å². The van der Waals surface area contributed by atoms with Crippen LogP contribution in [0.15, 0.2) is 103 Å². The third-order valence-electron chi connectivity index (χ3n) is 10.7. The molecule has 2 amide bonds. The van der Waals surface area contributed by atoms with Crippen LogP contribution in [0.25, 0.3) is 44.2 Å². The van der Waals surface area contributed by atoms with Crippen molar-refractivity contribution in [3.05, 3.63) is 153 Å². The fourth-order valence-corrected chi connectivity index (χ4v) is 8.12. The van der Waals surface area contributed by atoms with Crippen molar-refractivity contribution < 1.29 is 23.1 Å². The second-order valence-corrected chi connectivity index (χ2v) is 14.9. The minimum absolute atomic E-state index is 0.00671. The molecular weight excluding hydrogens is 756 g/mol. The van der Waals surface area contributed by atoms with E-state index >= 15 is 0 Å². The molecule has 0 saturated heterocycles. The molecule has 58 heavy (non-hydrogen) atoms. The van der Waals surface area contributed by atoms with Crippen molar-refractivity contribution in [2.75, 3.05) is 13.2 Å². The fraction of sp³-hybridized carbons (Fsp3) is 0.213. The largest absolute Gasteiger partial charge is 0.494 e. The smallest absolute Gasteiger partial charge is 0.252 e. The normalized spacial score (nSPS) is 13.0. The van der Waals surface area contributed by atoms with Crippen molar-refractivity contribution in [1.82, 2.24) is 25.8 Å². The molecule has 11 heteroatoms. The number of carbonyl (C=O) groups excluding carboxylic acids is 2. The van der Waals surface area contributed by atoms with Gasteiger partial charge in [-0.25, -0.2) is 8.78 Å². The Bertz CT molecular complexity index is 2670. The molecule has 8 nitrogen and oxygen atoms in total. The molecule has 4 N–H and O–H groups in total. The number of fused-ring (bicyclic) bond motifs is 1. The van der Waals surface area contributed by atoms with Gasteiger partial charge in [0.05, 0.1) is 28.9 Å². The summed E-state index contributed by atoms with van der Waals surface area (Å²) in [6.07, 6.45) is 5.94. The Hall–Kier alpha value is -6.26. The van der Waals surface area contributed by atoms with E-state index in [1.54, 1.807) is 12.3 Å². The lowest BCUT2D eigenvalue weighted by Crippen LogP contribution is -2.23. The van der Waals surface area contributed by atoms with Gasteiger partial charge < -0.3 is 20.4 Å². The molecule has 0 radical (unpaired) electrons. The van der Waals surface area contributed by atoms with Crippen LogP contribution in [0.1, 0.15) is 77.2 Å². The first-order valence-corrected chi connectivity index (χ1v) is 20.0. The van der Waals surface area contributed by atoms with Gasteiger partial charge in [-0.2, -0.15) is 5.10 Å². The van der Waals surface area contributed by atoms with E-state index in [1.165, 1.54) is 24.3 Å². The molecule has 3 heterocycles. The molecule has 0 unspecified atom stereocenters. The van der Waals surface area contributed by atoms with E-state index in [1.807, 2.05) is 54.6 Å². The zero-order valence-electron chi connectivity index (χ0n) is 32.0. The van der Waals surface area contributed by atoms with Crippen LogP contribution in [-0.4, -0.2) is 40.1 Å². The number of carbonyl (C=O) groups is 2. The summed E-state index contributed by atoms with van der Waals surface area (Å²) in [6.45, 7) is 3.49. The van der Waals surface area contributed by atoms with Gasteiger partial charge in [-0.3, -0.25) is 14.7 Å². The zero-order valence-corrected chi connectivity index (χ0v) is 32.7. The number of ether oxygens (including phenoxy) is 1. The predicted octanol–water partition coefficient (Wildman–Crippen LogP) is 10.6. The number of nitrogens with zero attached hydrogens (tertiary/aromatic N) is 1. The number of hydrogen-bond donors (Lipinski definition) is 4. The Kier molecular flexibility index (Phi) is 11.4. The van der Waals surface area contributed by atoms with Crippen molar-refractivity contribution >= 4 is 56.4 Å². The monoisotopic (exact) mass is 797 g/mol. The summed E-state index contributed by atoms with van der Waals surface area (Å²) in [5, 5.41) is 15.2. The molecule has 0 spiro atoms. The number of aromatic amines is 2. The van der Waals surface area contributed by atoms with Crippen LogP contribution < -0.4 is 15.4 Å². The van der Waals surface area contributed by atoms with E-state index in [4.69, 9.17) is 16.3 Å². The first-order valence-electron chi connectivity index (χ1n) is 19.6. The summed E-state index contributed by atoms with van der Waals surface area (Å²) in [5.41, 5.74) is 10.4. The number of hydrogen-bond acceptors (Lipinski definition) is 4. The molecule has 294 valence electrons. The fourth-order valence-electron chi connectivity index (χ4n) is 7.84. The number of halogens is 3. The zero-order chi connectivity index (χ0) is 40.2. The SMILES string of the molecule is CC/C(=C(/c1ccc(OCCCCCC(=O)NCc2ccc(-c3[nH]c4cc(F)cc5c4c3CCNC5=O)cc2)cc1)c1ccc2[nH]ncc2c1)c1ccc(F)cc1Cl. The van der Waals surface area contributed by atoms with Crippen LogP contribution in [0, 0.1) is 11.6 Å². The van der Waals surface area contributed by atoms with E-state index in [2.05, 4.69) is 44.9 Å². The third kappa shape index (κ3) is 8.24. The average Bonchev–Trinajstić information content (AvgIpc) is 3.81. The van der Waals surface area contributed by atoms with Crippen LogP contribution in [0.3, 0.4) is 0 Å². The summed E-state index contributed by atoms with van der Waals surface area (Å²) in [6, 6.07) is 29.3. The molecule has 5 aromatic carbocycles. The van der Waals surface area contributed by atoms with Gasteiger partial charge in [0.15, 0.2) is 0 Å². The molecule has 8 rings (SSSR count). The Morgan fingerprint density at radius 3 is 2.48 bits per heavy atom. The number of amides is 2. The Labute approximate surface area is 339 Å². The summed E-state index contributed by atoms with van der Waals surface area (Å²) in [4.78, 5) is 28.5. The van der Waals surface area contributed by atoms with E-state index < -0.39 is 5.82 Å². The quantitative estimate of drug-likeness (QED) is 0.0648. The maximum atomic E-state index is 14.3. The molecule has 0 atom stereocenters. The maximum Gasteiger partial charge on any atom is 0.252 e. The summed E-state index contributed by atoms with van der Waals surface area (Å²) in [7, 11) is 0. The first-order chi connectivity index (χ1) is 28.2. The minimum atomic E-state index is -0.456. The van der Waals surface area contributed by atoms with E-state index in [-0.39, 0.29) is 17.6 Å². The molecule has 0 saturated carbocycles. The molecule has 0 bridgehead atoms. The number of unbranched alkanes of at least 4 members (excludes halogenated alkanes) is 2. The summed E-state index contributed by atoms with van der Waals surface area (Å²) >= 11 is 6.58. The Balaban J connectivity index is 0.828. The van der Waals surface area contributed by atoms with Crippen molar-refractivity contribution in [3.63, 3.8) is 0 Å². The highest BCUT2D eigenvalue weighted by atomic mass is 35.5. The van der Waals surface area contributed by atoms with Crippen molar-refractivity contribution in [1.29, 1.82) is 0 Å². The molecular formula is C47H42ClF2N5O3. The highest BCUT2D eigenvalue weighted by Crippen LogP contribution is 2.39. The number of H-pyrrole nitrogens is 2. The van der Waals surface area contributed by atoms with Gasteiger partial charge in [0.1, 0.15) is 17.4 Å². The van der Waals surface area contributed by atoms with Gasteiger partial charge in [-0.05, 0) is 125 Å². The Morgan fingerprint density at radius 2 is 1.69 bits per heavy atom. The van der Waals surface area contributed by atoms with Crippen LogP contribution >= 0.6 is 11.6 Å². The number of aromatic nitrogens is 3. The van der Waals surface area contributed by atoms with Crippen LogP contribution in [0.5, 0.6) is 5.75 Å². The van der Waals surface area contributed by atoms with Gasteiger partial charge in [0.2, 0.25) is 5.91 Å². The van der Waals surface area contributed by atoms with E-state index in [0.717, 1.165) is 91.5 Å². The van der Waals surface area contributed by atoms with E-state index in [0.29, 0.717) is 55.1 Å². The second kappa shape index (κ2) is 17.1. The van der Waals surface area contributed by atoms with Gasteiger partial charge in [0, 0.05) is 41.5 Å². The van der Waals surface area contributed by atoms with Crippen molar-refractivity contribution in [3.8, 4) is 17.0 Å². The van der Waals surface area contributed by atoms with Gasteiger partial charge in [-0.15, -0.1) is 0 Å². The first kappa shape index (κ1) is 38.6. The molecule has 1 aliphatic rings. The summed E-state index contributed by atoms with van der Waals surface area (Å²) in [5.74, 6) is -0.357. The summed E-state index contributed by atoms with van der Waals surface area (Å²) < 4.78 is 34.4. The van der Waals surface area contributed by atoms with Crippen LogP contribution in [0.4, 0.5) is 8.78 Å². The number of rotatable bonds is 14. The Morgan fingerprint density at radius 1 is 0.879 bits per heavy atom. The number of allylic oxidation sites excluding steroid dienone is 1. The third-order valence-corrected chi connectivity index (χ3v) is 11.0. The standard InChI is InChI=1S/C47H42ClF2N5O3/c1-2-36(37-17-14-33(49)24-40(37)48)44(31-13-18-41-32(22-31)27-53-55-41)29-11-15-35(16-12-29)58-21-5-3-4-6-43(56)52-26-28-7-9-30(10-8-28)46-38-19-20-51-47(57)39-23-34(50)25-42(54-46)45(38)39/h7-18,22-25,27,54H,2-6,19-21,26H2,1H3,(H,51,57)(H,52,56)(H,53,55)/b44-36+. The number of benzene rings is 5. The highest BCUT2D eigenvalue weighted by Gasteiger charge is 2.23. The molecule has 2 aromatic heterocycles. The van der Waals surface area contributed by atoms with Crippen molar-refractivity contribution in [2.24, 2.45) is 0 Å². The average molecular weight is 798 g/mol. The van der Waals surface area contributed by atoms with Gasteiger partial charge in [-0.1, -0.05) is 67.1 Å². The molecule has 1 aliphatic heterocycles. The number of nitrogens with one attached hydrogen (secondary N) is 4. The predicted molar refractivity (Wildman–Crippen MR) is 226 cm³/mol. The topological polar surface area (TPSA) is 112 Å². The van der Waals surface area contributed by atoms with Crippen LogP contribution in [0.2, 0.25) is 5.02 Å².